The molecule has 6 heteroatoms. The largest absolute Gasteiger partial charge is 0.461 e. The van der Waals surface area contributed by atoms with Crippen LogP contribution in [0.5, 0.6) is 5.75 Å². The molecule has 0 heterocycles. The molecule has 0 aliphatic heterocycles. The van der Waals surface area contributed by atoms with Gasteiger partial charge in [0.15, 0.2) is 0 Å². The van der Waals surface area contributed by atoms with E-state index in [4.69, 9.17) is 5.73 Å². The van der Waals surface area contributed by atoms with Crippen LogP contribution in [-0.2, 0) is 0 Å². The van der Waals surface area contributed by atoms with E-state index in [9.17, 15) is 17.6 Å². The van der Waals surface area contributed by atoms with Gasteiger partial charge in [-0.05, 0) is 12.5 Å². The lowest BCUT2D eigenvalue weighted by molar-refractivity contribution is -0.253. The van der Waals surface area contributed by atoms with Crippen molar-refractivity contribution in [2.75, 3.05) is 0 Å². The molecule has 0 aliphatic carbocycles. The first kappa shape index (κ1) is 13.8. The molecule has 0 aromatic heterocycles. The average Bonchev–Trinajstić information content (AvgIpc) is 2.28. The molecule has 0 aliphatic rings. The Kier molecular flexibility index (Phi) is 4.34. The van der Waals surface area contributed by atoms with Crippen molar-refractivity contribution in [2.45, 2.75) is 31.9 Å². The average molecular weight is 251 g/mol. The maximum atomic E-state index is 12.8. The Morgan fingerprint density at radius 2 is 1.88 bits per heavy atom. The zero-order valence-corrected chi connectivity index (χ0v) is 9.17. The topological polar surface area (TPSA) is 35.2 Å². The summed E-state index contributed by atoms with van der Waals surface area (Å²) >= 11 is 0. The van der Waals surface area contributed by atoms with Crippen LogP contribution < -0.4 is 10.5 Å². The van der Waals surface area contributed by atoms with E-state index in [2.05, 4.69) is 4.74 Å². The van der Waals surface area contributed by atoms with E-state index in [1.54, 1.807) is 13.0 Å². The molecule has 0 saturated heterocycles. The van der Waals surface area contributed by atoms with E-state index < -0.39 is 18.6 Å². The summed E-state index contributed by atoms with van der Waals surface area (Å²) < 4.78 is 53.6. The van der Waals surface area contributed by atoms with Gasteiger partial charge in [0.05, 0.1) is 0 Å². The first-order chi connectivity index (χ1) is 7.88. The second-order valence-corrected chi connectivity index (χ2v) is 3.52. The number of halogens is 4. The molecule has 1 atom stereocenters. The van der Waals surface area contributed by atoms with Gasteiger partial charge >= 0.3 is 12.5 Å². The molecule has 0 unspecified atom stereocenters. The molecule has 0 bridgehead atoms. The number of hydrogen-bond donors (Lipinski definition) is 1. The van der Waals surface area contributed by atoms with Crippen molar-refractivity contribution in [3.8, 4) is 5.75 Å². The van der Waals surface area contributed by atoms with Crippen molar-refractivity contribution in [1.29, 1.82) is 0 Å². The van der Waals surface area contributed by atoms with Gasteiger partial charge in [0.1, 0.15) is 5.75 Å². The number of nitrogens with two attached hydrogens (primary N) is 1. The predicted octanol–water partition coefficient (Wildman–Crippen LogP) is 3.33. The van der Waals surface area contributed by atoms with Crippen LogP contribution in [0.4, 0.5) is 17.6 Å². The minimum atomic E-state index is -4.51. The third-order valence-corrected chi connectivity index (χ3v) is 2.26. The Morgan fingerprint density at radius 3 is 2.41 bits per heavy atom. The molecular weight excluding hydrogens is 238 g/mol. The van der Waals surface area contributed by atoms with Crippen molar-refractivity contribution in [3.05, 3.63) is 29.8 Å². The van der Waals surface area contributed by atoms with Gasteiger partial charge in [-0.1, -0.05) is 25.1 Å². The van der Waals surface area contributed by atoms with Crippen LogP contribution in [0.2, 0.25) is 0 Å². The lowest BCUT2D eigenvalue weighted by atomic mass is 10.0. The fourth-order valence-corrected chi connectivity index (χ4v) is 1.29. The van der Waals surface area contributed by atoms with Crippen molar-refractivity contribution >= 4 is 0 Å². The summed E-state index contributed by atoms with van der Waals surface area (Å²) in [7, 11) is 0. The molecule has 0 amide bonds. The minimum Gasteiger partial charge on any atom is -0.428 e. The van der Waals surface area contributed by atoms with Crippen LogP contribution in [0, 0.1) is 0 Å². The summed E-state index contributed by atoms with van der Waals surface area (Å²) in [5.74, 6) is -0.313. The summed E-state index contributed by atoms with van der Waals surface area (Å²) in [6, 6.07) is 5.15. The van der Waals surface area contributed by atoms with Crippen molar-refractivity contribution in [1.82, 2.24) is 0 Å². The SMILES string of the molecule is CC[C@@H](N)c1ccccc1OC(F)(F)C(F)F. The lowest BCUT2D eigenvalue weighted by Gasteiger charge is -2.20. The number of rotatable bonds is 5. The zero-order chi connectivity index (χ0) is 13.1. The Balaban J connectivity index is 2.98. The number of para-hydroxylation sites is 1. The van der Waals surface area contributed by atoms with Gasteiger partial charge in [-0.3, -0.25) is 0 Å². The number of ether oxygens (including phenoxy) is 1. The van der Waals surface area contributed by atoms with Crippen LogP contribution in [0.25, 0.3) is 0 Å². The van der Waals surface area contributed by atoms with Gasteiger partial charge in [-0.15, -0.1) is 0 Å². The lowest BCUT2D eigenvalue weighted by Crippen LogP contribution is -2.34. The summed E-state index contributed by atoms with van der Waals surface area (Å²) in [4.78, 5) is 0. The van der Waals surface area contributed by atoms with Crippen molar-refractivity contribution < 1.29 is 22.3 Å². The standard InChI is InChI=1S/C11H13F4NO/c1-2-8(16)7-5-3-4-6-9(7)17-11(14,15)10(12)13/h3-6,8,10H,2,16H2,1H3/t8-/m1/s1. The third-order valence-electron chi connectivity index (χ3n) is 2.26. The monoisotopic (exact) mass is 251 g/mol. The molecule has 1 aromatic rings. The molecule has 2 nitrogen and oxygen atoms in total. The maximum absolute atomic E-state index is 12.8. The highest BCUT2D eigenvalue weighted by Crippen LogP contribution is 2.32. The summed E-state index contributed by atoms with van der Waals surface area (Å²) in [6.45, 7) is 1.76. The molecule has 0 spiro atoms. The summed E-state index contributed by atoms with van der Waals surface area (Å²) in [5, 5.41) is 0. The van der Waals surface area contributed by atoms with Gasteiger partial charge in [-0.2, -0.15) is 17.6 Å². The highest BCUT2D eigenvalue weighted by Gasteiger charge is 2.44. The van der Waals surface area contributed by atoms with Gasteiger partial charge in [-0.25, -0.2) is 0 Å². The Bertz CT molecular complexity index is 370. The maximum Gasteiger partial charge on any atom is 0.461 e. The highest BCUT2D eigenvalue weighted by atomic mass is 19.3. The smallest absolute Gasteiger partial charge is 0.428 e. The Hall–Kier alpha value is -1.30. The van der Waals surface area contributed by atoms with Crippen LogP contribution >= 0.6 is 0 Å². The van der Waals surface area contributed by atoms with E-state index in [0.717, 1.165) is 0 Å². The van der Waals surface area contributed by atoms with E-state index in [1.165, 1.54) is 18.2 Å². The molecule has 1 rings (SSSR count). The van der Waals surface area contributed by atoms with E-state index >= 15 is 0 Å². The van der Waals surface area contributed by atoms with Crippen molar-refractivity contribution in [3.63, 3.8) is 0 Å². The Morgan fingerprint density at radius 1 is 1.29 bits per heavy atom. The van der Waals surface area contributed by atoms with Crippen LogP contribution in [0.1, 0.15) is 24.9 Å². The summed E-state index contributed by atoms with van der Waals surface area (Å²) in [5.41, 5.74) is 5.96. The van der Waals surface area contributed by atoms with Gasteiger partial charge < -0.3 is 10.5 Å². The molecule has 0 saturated carbocycles. The molecular formula is C11H13F4NO. The van der Waals surface area contributed by atoms with Crippen LogP contribution in [0.15, 0.2) is 24.3 Å². The minimum absolute atomic E-state index is 0.287. The van der Waals surface area contributed by atoms with Crippen LogP contribution in [0.3, 0.4) is 0 Å². The first-order valence-corrected chi connectivity index (χ1v) is 5.08. The fraction of sp³-hybridized carbons (Fsp3) is 0.455. The van der Waals surface area contributed by atoms with Gasteiger partial charge in [0.25, 0.3) is 0 Å². The number of benzene rings is 1. The first-order valence-electron chi connectivity index (χ1n) is 5.08. The molecule has 96 valence electrons. The van der Waals surface area contributed by atoms with E-state index in [0.29, 0.717) is 6.42 Å². The normalized spacial score (nSPS) is 13.8. The highest BCUT2D eigenvalue weighted by molar-refractivity contribution is 5.35. The zero-order valence-electron chi connectivity index (χ0n) is 9.17. The predicted molar refractivity (Wildman–Crippen MR) is 55.2 cm³/mol. The quantitative estimate of drug-likeness (QED) is 0.814. The molecule has 0 radical (unpaired) electrons. The van der Waals surface area contributed by atoms with E-state index in [1.807, 2.05) is 0 Å². The molecule has 17 heavy (non-hydrogen) atoms. The second kappa shape index (κ2) is 5.35. The number of alkyl halides is 4. The molecule has 2 N–H and O–H groups in total. The molecule has 1 aromatic carbocycles. The second-order valence-electron chi connectivity index (χ2n) is 3.52. The number of hydrogen-bond acceptors (Lipinski definition) is 2. The third kappa shape index (κ3) is 3.33. The van der Waals surface area contributed by atoms with Gasteiger partial charge in [0, 0.05) is 11.6 Å². The summed E-state index contributed by atoms with van der Waals surface area (Å²) in [6.07, 6.45) is -7.90. The fourth-order valence-electron chi connectivity index (χ4n) is 1.29. The van der Waals surface area contributed by atoms with Crippen molar-refractivity contribution in [2.24, 2.45) is 5.73 Å². The van der Waals surface area contributed by atoms with E-state index in [-0.39, 0.29) is 11.3 Å². The van der Waals surface area contributed by atoms with Gasteiger partial charge in [0.2, 0.25) is 0 Å². The Labute approximate surface area is 96.4 Å². The molecule has 0 fully saturated rings. The van der Waals surface area contributed by atoms with Crippen LogP contribution in [-0.4, -0.2) is 12.5 Å².